The number of nitro benzene ring substituents is 1. The summed E-state index contributed by atoms with van der Waals surface area (Å²) in [4.78, 5) is 38.0. The predicted molar refractivity (Wildman–Crippen MR) is 90.6 cm³/mol. The Morgan fingerprint density at radius 3 is 2.73 bits per heavy atom. The van der Waals surface area contributed by atoms with Crippen LogP contribution in [0.4, 0.5) is 5.69 Å². The van der Waals surface area contributed by atoms with E-state index in [0.29, 0.717) is 12.0 Å². The van der Waals surface area contributed by atoms with Crippen molar-refractivity contribution in [1.82, 2.24) is 10.3 Å². The van der Waals surface area contributed by atoms with Gasteiger partial charge in [0.25, 0.3) is 0 Å². The van der Waals surface area contributed by atoms with Gasteiger partial charge in [-0.15, -0.1) is 0 Å². The SMILES string of the molecule is CCC(NC(=O)Cc1ccc([N+](=O)[O-])c(O)c1)C(=O)Oc1cccnc1. The number of nitrogens with one attached hydrogen (secondary N) is 1. The van der Waals surface area contributed by atoms with E-state index in [4.69, 9.17) is 4.74 Å². The molecular weight excluding hydrogens is 342 g/mol. The number of hydrogen-bond acceptors (Lipinski definition) is 7. The number of aromatic hydroxyl groups is 1. The van der Waals surface area contributed by atoms with Crippen molar-refractivity contribution < 1.29 is 24.4 Å². The van der Waals surface area contributed by atoms with Crippen LogP contribution in [0.15, 0.2) is 42.7 Å². The van der Waals surface area contributed by atoms with Crippen molar-refractivity contribution in [2.45, 2.75) is 25.8 Å². The average molecular weight is 359 g/mol. The Kier molecular flexibility index (Phi) is 6.20. The zero-order valence-corrected chi connectivity index (χ0v) is 13.9. The van der Waals surface area contributed by atoms with Gasteiger partial charge < -0.3 is 15.2 Å². The molecule has 26 heavy (non-hydrogen) atoms. The molecule has 1 aromatic heterocycles. The third kappa shape index (κ3) is 5.00. The van der Waals surface area contributed by atoms with E-state index in [9.17, 15) is 24.8 Å². The zero-order valence-electron chi connectivity index (χ0n) is 13.9. The van der Waals surface area contributed by atoms with Gasteiger partial charge in [-0.25, -0.2) is 4.79 Å². The van der Waals surface area contributed by atoms with Crippen molar-refractivity contribution in [2.75, 3.05) is 0 Å². The fourth-order valence-electron chi connectivity index (χ4n) is 2.19. The van der Waals surface area contributed by atoms with Gasteiger partial charge >= 0.3 is 11.7 Å². The highest BCUT2D eigenvalue weighted by atomic mass is 16.6. The van der Waals surface area contributed by atoms with E-state index < -0.39 is 34.3 Å². The maximum atomic E-state index is 12.1. The third-order valence-corrected chi connectivity index (χ3v) is 3.48. The molecule has 1 amide bonds. The number of pyridine rings is 1. The van der Waals surface area contributed by atoms with Gasteiger partial charge in [-0.1, -0.05) is 13.0 Å². The van der Waals surface area contributed by atoms with Gasteiger partial charge in [0, 0.05) is 12.3 Å². The molecule has 0 aliphatic heterocycles. The zero-order chi connectivity index (χ0) is 19.1. The van der Waals surface area contributed by atoms with E-state index >= 15 is 0 Å². The van der Waals surface area contributed by atoms with Crippen LogP contribution >= 0.6 is 0 Å². The van der Waals surface area contributed by atoms with E-state index in [1.807, 2.05) is 0 Å². The molecule has 2 N–H and O–H groups in total. The fraction of sp³-hybridized carbons (Fsp3) is 0.235. The number of amides is 1. The first-order valence-corrected chi connectivity index (χ1v) is 7.78. The number of phenols is 1. The lowest BCUT2D eigenvalue weighted by Crippen LogP contribution is -2.43. The summed E-state index contributed by atoms with van der Waals surface area (Å²) in [6, 6.07) is 5.96. The van der Waals surface area contributed by atoms with Crippen molar-refractivity contribution in [3.8, 4) is 11.5 Å². The second-order valence-electron chi connectivity index (χ2n) is 5.40. The highest BCUT2D eigenvalue weighted by molar-refractivity contribution is 5.86. The maximum Gasteiger partial charge on any atom is 0.334 e. The molecule has 2 rings (SSSR count). The first-order chi connectivity index (χ1) is 12.4. The van der Waals surface area contributed by atoms with Gasteiger partial charge in [0.1, 0.15) is 11.8 Å². The molecule has 0 aliphatic carbocycles. The number of nitrogens with zero attached hydrogens (tertiary/aromatic N) is 2. The van der Waals surface area contributed by atoms with Crippen molar-refractivity contribution >= 4 is 17.6 Å². The molecule has 0 spiro atoms. The summed E-state index contributed by atoms with van der Waals surface area (Å²) >= 11 is 0. The quantitative estimate of drug-likeness (QED) is 0.437. The van der Waals surface area contributed by atoms with Crippen LogP contribution in [0.5, 0.6) is 11.5 Å². The van der Waals surface area contributed by atoms with E-state index in [-0.39, 0.29) is 12.2 Å². The second-order valence-corrected chi connectivity index (χ2v) is 5.40. The van der Waals surface area contributed by atoms with Crippen LogP contribution in [0.1, 0.15) is 18.9 Å². The topological polar surface area (TPSA) is 132 Å². The fourth-order valence-corrected chi connectivity index (χ4v) is 2.19. The molecule has 1 heterocycles. The van der Waals surface area contributed by atoms with Crippen molar-refractivity contribution in [1.29, 1.82) is 0 Å². The van der Waals surface area contributed by atoms with Crippen molar-refractivity contribution in [3.63, 3.8) is 0 Å². The number of hydrogen-bond donors (Lipinski definition) is 2. The molecule has 9 heteroatoms. The van der Waals surface area contributed by atoms with E-state index in [0.717, 1.165) is 12.1 Å². The van der Waals surface area contributed by atoms with Crippen LogP contribution < -0.4 is 10.1 Å². The van der Waals surface area contributed by atoms with Gasteiger partial charge in [0.2, 0.25) is 5.91 Å². The minimum absolute atomic E-state index is 0.151. The van der Waals surface area contributed by atoms with Crippen LogP contribution in [-0.4, -0.2) is 32.9 Å². The van der Waals surface area contributed by atoms with Crippen LogP contribution in [-0.2, 0) is 16.0 Å². The number of carbonyl (C=O) groups excluding carboxylic acids is 2. The number of carbonyl (C=O) groups is 2. The molecule has 0 saturated carbocycles. The Hall–Kier alpha value is -3.49. The monoisotopic (exact) mass is 359 g/mol. The first kappa shape index (κ1) is 18.8. The molecule has 0 bridgehead atoms. The highest BCUT2D eigenvalue weighted by Crippen LogP contribution is 2.26. The molecule has 0 saturated heterocycles. The lowest BCUT2D eigenvalue weighted by Gasteiger charge is -2.15. The normalized spacial score (nSPS) is 11.4. The Bertz CT molecular complexity index is 809. The van der Waals surface area contributed by atoms with Gasteiger partial charge in [-0.3, -0.25) is 19.9 Å². The van der Waals surface area contributed by atoms with Crippen LogP contribution in [0.3, 0.4) is 0 Å². The standard InChI is InChI=1S/C17H17N3O6/c1-2-13(17(23)26-12-4-3-7-18-10-12)19-16(22)9-11-5-6-14(20(24)25)15(21)8-11/h3-8,10,13,21H,2,9H2,1H3,(H,19,22). The molecular formula is C17H17N3O6. The van der Waals surface area contributed by atoms with Gasteiger partial charge in [0.15, 0.2) is 5.75 Å². The summed E-state index contributed by atoms with van der Waals surface area (Å²) in [6.07, 6.45) is 3.08. The van der Waals surface area contributed by atoms with E-state index in [1.54, 1.807) is 19.1 Å². The summed E-state index contributed by atoms with van der Waals surface area (Å²) in [6.45, 7) is 1.72. The lowest BCUT2D eigenvalue weighted by molar-refractivity contribution is -0.385. The summed E-state index contributed by atoms with van der Waals surface area (Å²) < 4.78 is 5.15. The molecule has 0 aliphatic rings. The molecule has 1 aromatic carbocycles. The number of phenolic OH excluding ortho intramolecular Hbond substituents is 1. The van der Waals surface area contributed by atoms with Crippen molar-refractivity contribution in [2.24, 2.45) is 0 Å². The largest absolute Gasteiger partial charge is 0.502 e. The number of nitro groups is 1. The summed E-state index contributed by atoms with van der Waals surface area (Å²) in [5.74, 6) is -1.36. The Morgan fingerprint density at radius 2 is 2.15 bits per heavy atom. The van der Waals surface area contributed by atoms with Crippen molar-refractivity contribution in [3.05, 3.63) is 58.4 Å². The molecule has 1 unspecified atom stereocenters. The molecule has 0 radical (unpaired) electrons. The number of ether oxygens (including phenoxy) is 1. The Labute approximate surface area is 148 Å². The summed E-state index contributed by atoms with van der Waals surface area (Å²) in [5.41, 5.74) is -0.0679. The summed E-state index contributed by atoms with van der Waals surface area (Å²) in [5, 5.41) is 22.8. The maximum absolute atomic E-state index is 12.1. The van der Waals surface area contributed by atoms with Gasteiger partial charge in [0.05, 0.1) is 17.5 Å². The Balaban J connectivity index is 1.97. The molecule has 136 valence electrons. The highest BCUT2D eigenvalue weighted by Gasteiger charge is 2.22. The minimum atomic E-state index is -0.852. The molecule has 9 nitrogen and oxygen atoms in total. The van der Waals surface area contributed by atoms with Gasteiger partial charge in [-0.2, -0.15) is 0 Å². The Morgan fingerprint density at radius 1 is 1.38 bits per heavy atom. The smallest absolute Gasteiger partial charge is 0.334 e. The number of aromatic nitrogens is 1. The van der Waals surface area contributed by atoms with E-state index in [1.165, 1.54) is 18.5 Å². The van der Waals surface area contributed by atoms with Crippen LogP contribution in [0.25, 0.3) is 0 Å². The lowest BCUT2D eigenvalue weighted by atomic mass is 10.1. The average Bonchev–Trinajstić information content (AvgIpc) is 2.60. The molecule has 0 fully saturated rings. The van der Waals surface area contributed by atoms with Crippen LogP contribution in [0.2, 0.25) is 0 Å². The van der Waals surface area contributed by atoms with E-state index in [2.05, 4.69) is 10.3 Å². The number of benzene rings is 1. The number of rotatable bonds is 7. The predicted octanol–water partition coefficient (Wildman–Crippen LogP) is 1.74. The first-order valence-electron chi connectivity index (χ1n) is 7.78. The summed E-state index contributed by atoms with van der Waals surface area (Å²) in [7, 11) is 0. The third-order valence-electron chi connectivity index (χ3n) is 3.48. The molecule has 1 atom stereocenters. The van der Waals surface area contributed by atoms with Crippen LogP contribution in [0, 0.1) is 10.1 Å². The van der Waals surface area contributed by atoms with Gasteiger partial charge in [-0.05, 0) is 30.2 Å². The second kappa shape index (κ2) is 8.56. The molecule has 2 aromatic rings. The minimum Gasteiger partial charge on any atom is -0.502 e. The number of esters is 1.